The lowest BCUT2D eigenvalue weighted by atomic mass is 10.1. The molecule has 2 fully saturated rings. The molecule has 1 aromatic carbocycles. The van der Waals surface area contributed by atoms with E-state index in [0.717, 1.165) is 57.7 Å². The van der Waals surface area contributed by atoms with Crippen molar-refractivity contribution >= 4 is 40.9 Å². The van der Waals surface area contributed by atoms with Gasteiger partial charge in [0.25, 0.3) is 11.1 Å². The average Bonchev–Trinajstić information content (AvgIpc) is 3.50. The number of carbonyl (C=O) groups is 4. The van der Waals surface area contributed by atoms with Crippen LogP contribution in [0.4, 0.5) is 4.79 Å². The maximum Gasteiger partial charge on any atom is 0.337 e. The van der Waals surface area contributed by atoms with Crippen molar-refractivity contribution in [3.8, 4) is 5.69 Å². The molecule has 0 radical (unpaired) electrons. The summed E-state index contributed by atoms with van der Waals surface area (Å²) in [5, 5.41) is -0.431. The highest BCUT2D eigenvalue weighted by Gasteiger charge is 2.37. The Morgan fingerprint density at radius 1 is 1.09 bits per heavy atom. The highest BCUT2D eigenvalue weighted by atomic mass is 32.2. The van der Waals surface area contributed by atoms with Crippen LogP contribution in [0.1, 0.15) is 45.7 Å². The van der Waals surface area contributed by atoms with Gasteiger partial charge in [0.05, 0.1) is 17.6 Å². The van der Waals surface area contributed by atoms with Crippen molar-refractivity contribution in [3.63, 3.8) is 0 Å². The van der Waals surface area contributed by atoms with E-state index in [2.05, 4.69) is 0 Å². The van der Waals surface area contributed by atoms with Crippen molar-refractivity contribution in [1.82, 2.24) is 14.4 Å². The number of aromatic nitrogens is 1. The molecule has 3 amide bonds. The van der Waals surface area contributed by atoms with E-state index in [9.17, 15) is 19.2 Å². The Hall–Kier alpha value is -3.33. The molecule has 2 saturated heterocycles. The summed E-state index contributed by atoms with van der Waals surface area (Å²) >= 11 is 0.851. The van der Waals surface area contributed by atoms with Crippen LogP contribution in [0.3, 0.4) is 0 Å². The molecule has 2 aromatic rings. The molecule has 34 heavy (non-hydrogen) atoms. The fourth-order valence-electron chi connectivity index (χ4n) is 4.38. The van der Waals surface area contributed by atoms with Crippen molar-refractivity contribution in [2.24, 2.45) is 0 Å². The van der Waals surface area contributed by atoms with E-state index >= 15 is 0 Å². The van der Waals surface area contributed by atoms with Gasteiger partial charge in [-0.25, -0.2) is 4.79 Å². The molecular formula is C25H27N3O5S. The number of amides is 3. The van der Waals surface area contributed by atoms with E-state index in [1.165, 1.54) is 7.11 Å². The predicted molar refractivity (Wildman–Crippen MR) is 130 cm³/mol. The quantitative estimate of drug-likeness (QED) is 0.476. The molecule has 0 bridgehead atoms. The summed E-state index contributed by atoms with van der Waals surface area (Å²) < 4.78 is 6.86. The number of likely N-dealkylation sites (tertiary alicyclic amines) is 1. The van der Waals surface area contributed by atoms with Gasteiger partial charge in [0, 0.05) is 30.2 Å². The van der Waals surface area contributed by atoms with Crippen LogP contribution in [-0.2, 0) is 14.3 Å². The second-order valence-corrected chi connectivity index (χ2v) is 9.50. The van der Waals surface area contributed by atoms with E-state index in [0.29, 0.717) is 23.6 Å². The topological polar surface area (TPSA) is 88.9 Å². The van der Waals surface area contributed by atoms with E-state index in [1.54, 1.807) is 23.1 Å². The zero-order valence-electron chi connectivity index (χ0n) is 19.7. The molecule has 0 spiro atoms. The molecule has 4 rings (SSSR count). The third-order valence-corrected chi connectivity index (χ3v) is 7.16. The molecule has 2 aliphatic heterocycles. The highest BCUT2D eigenvalue weighted by molar-refractivity contribution is 8.18. The van der Waals surface area contributed by atoms with Crippen LogP contribution in [0.15, 0.2) is 29.2 Å². The van der Waals surface area contributed by atoms with Crippen molar-refractivity contribution in [1.29, 1.82) is 0 Å². The minimum atomic E-state index is -0.448. The summed E-state index contributed by atoms with van der Waals surface area (Å²) in [6.45, 7) is 6.94. The average molecular weight is 482 g/mol. The van der Waals surface area contributed by atoms with Crippen LogP contribution < -0.4 is 0 Å². The van der Waals surface area contributed by atoms with Gasteiger partial charge in [-0.3, -0.25) is 19.3 Å². The maximum atomic E-state index is 12.9. The Labute approximate surface area is 202 Å². The van der Waals surface area contributed by atoms with Crippen LogP contribution in [-0.4, -0.2) is 64.1 Å². The van der Waals surface area contributed by atoms with Gasteiger partial charge < -0.3 is 14.2 Å². The zero-order valence-corrected chi connectivity index (χ0v) is 20.5. The van der Waals surface area contributed by atoms with Crippen molar-refractivity contribution in [2.75, 3.05) is 26.7 Å². The van der Waals surface area contributed by atoms with Gasteiger partial charge in [-0.15, -0.1) is 0 Å². The molecule has 0 atom stereocenters. The number of rotatable bonds is 5. The Morgan fingerprint density at radius 2 is 1.79 bits per heavy atom. The number of methoxy groups -OCH3 is 1. The van der Waals surface area contributed by atoms with E-state index in [-0.39, 0.29) is 12.5 Å². The Bertz CT molecular complexity index is 1220. The number of hydrogen-bond acceptors (Lipinski definition) is 6. The minimum Gasteiger partial charge on any atom is -0.465 e. The molecular weight excluding hydrogens is 454 g/mol. The van der Waals surface area contributed by atoms with Crippen LogP contribution in [0.5, 0.6) is 0 Å². The molecule has 8 nitrogen and oxygen atoms in total. The number of carbonyl (C=O) groups excluding carboxylic acids is 4. The predicted octanol–water partition coefficient (Wildman–Crippen LogP) is 3.85. The number of nitrogens with zero attached hydrogens (tertiary/aromatic N) is 3. The molecule has 2 aliphatic rings. The zero-order chi connectivity index (χ0) is 24.6. The fraction of sp³-hybridized carbons (Fsp3) is 0.360. The van der Waals surface area contributed by atoms with Gasteiger partial charge in [-0.05, 0) is 80.8 Å². The first-order valence-corrected chi connectivity index (χ1v) is 11.9. The lowest BCUT2D eigenvalue weighted by molar-refractivity contribution is -0.135. The van der Waals surface area contributed by atoms with Crippen LogP contribution in [0.2, 0.25) is 0 Å². The fourth-order valence-corrected chi connectivity index (χ4v) is 5.21. The van der Waals surface area contributed by atoms with E-state index in [4.69, 9.17) is 4.74 Å². The van der Waals surface area contributed by atoms with Gasteiger partial charge in [-0.2, -0.15) is 0 Å². The van der Waals surface area contributed by atoms with Gasteiger partial charge in [0.2, 0.25) is 5.91 Å². The number of aryl methyl sites for hydroxylation is 2. The lowest BCUT2D eigenvalue weighted by Crippen LogP contribution is -2.40. The van der Waals surface area contributed by atoms with Crippen molar-refractivity contribution < 1.29 is 23.9 Å². The van der Waals surface area contributed by atoms with Crippen LogP contribution in [0, 0.1) is 20.8 Å². The third-order valence-electron chi connectivity index (χ3n) is 6.25. The van der Waals surface area contributed by atoms with Gasteiger partial charge in [0.1, 0.15) is 6.54 Å². The summed E-state index contributed by atoms with van der Waals surface area (Å²) in [5.74, 6) is -1.06. The first-order valence-electron chi connectivity index (χ1n) is 11.1. The number of imide groups is 1. The number of ether oxygens (including phenoxy) is 1. The summed E-state index contributed by atoms with van der Waals surface area (Å²) in [4.78, 5) is 52.9. The molecule has 178 valence electrons. The number of benzene rings is 1. The summed E-state index contributed by atoms with van der Waals surface area (Å²) in [7, 11) is 1.35. The van der Waals surface area contributed by atoms with Crippen molar-refractivity contribution in [2.45, 2.75) is 33.6 Å². The highest BCUT2D eigenvalue weighted by Crippen LogP contribution is 2.34. The van der Waals surface area contributed by atoms with E-state index in [1.807, 2.05) is 37.5 Å². The molecule has 0 saturated carbocycles. The monoisotopic (exact) mass is 481 g/mol. The van der Waals surface area contributed by atoms with Gasteiger partial charge in [-0.1, -0.05) is 6.07 Å². The normalized spacial score (nSPS) is 17.2. The Morgan fingerprint density at radius 3 is 2.47 bits per heavy atom. The first-order chi connectivity index (χ1) is 16.2. The molecule has 9 heteroatoms. The second kappa shape index (κ2) is 9.50. The summed E-state index contributed by atoms with van der Waals surface area (Å²) in [6, 6.07) is 7.30. The van der Waals surface area contributed by atoms with Crippen LogP contribution in [0.25, 0.3) is 11.8 Å². The summed E-state index contributed by atoms with van der Waals surface area (Å²) in [6.07, 6.45) is 3.60. The number of hydrogen-bond donors (Lipinski definition) is 0. The smallest absolute Gasteiger partial charge is 0.337 e. The van der Waals surface area contributed by atoms with Gasteiger partial charge >= 0.3 is 5.97 Å². The van der Waals surface area contributed by atoms with E-state index < -0.39 is 17.1 Å². The second-order valence-electron chi connectivity index (χ2n) is 8.51. The maximum absolute atomic E-state index is 12.9. The minimum absolute atomic E-state index is 0.194. The van der Waals surface area contributed by atoms with Crippen LogP contribution >= 0.6 is 11.8 Å². The third kappa shape index (κ3) is 4.40. The lowest BCUT2D eigenvalue weighted by Gasteiger charge is -2.18. The molecule has 0 N–H and O–H groups in total. The first kappa shape index (κ1) is 23.8. The molecule has 3 heterocycles. The Balaban J connectivity index is 1.62. The largest absolute Gasteiger partial charge is 0.465 e. The molecule has 1 aromatic heterocycles. The van der Waals surface area contributed by atoms with Crippen molar-refractivity contribution in [3.05, 3.63) is 57.2 Å². The SMILES string of the molecule is COC(=O)c1ccc(C)c(-n2c(C)cc(/C=C3/SC(=O)N(CC(=O)N4CCCC4)C3=O)c2C)c1. The number of thioether (sulfide) groups is 1. The number of esters is 1. The Kier molecular flexibility index (Phi) is 6.65. The van der Waals surface area contributed by atoms with Gasteiger partial charge in [0.15, 0.2) is 0 Å². The summed E-state index contributed by atoms with van der Waals surface area (Å²) in [5.41, 5.74) is 4.82. The molecule has 0 aliphatic carbocycles. The molecule has 0 unspecified atom stereocenters. The standard InChI is InChI=1S/C25H27N3O5S/c1-15-7-8-18(24(31)33-4)12-20(15)28-16(2)11-19(17(28)3)13-21-23(30)27(25(32)34-21)14-22(29)26-9-5-6-10-26/h7-8,11-13H,5-6,9-10,14H2,1-4H3/b21-13+.